The van der Waals surface area contributed by atoms with E-state index in [2.05, 4.69) is 16.3 Å². The lowest BCUT2D eigenvalue weighted by atomic mass is 10.1. The minimum absolute atomic E-state index is 0.101. The second-order valence-corrected chi connectivity index (χ2v) is 6.86. The van der Waals surface area contributed by atoms with E-state index in [-0.39, 0.29) is 18.0 Å². The van der Waals surface area contributed by atoms with E-state index >= 15 is 0 Å². The third kappa shape index (κ3) is 4.60. The Morgan fingerprint density at radius 1 is 1.12 bits per heavy atom. The Balaban J connectivity index is 1.60. The smallest absolute Gasteiger partial charge is 0.146 e. The highest BCUT2D eigenvalue weighted by Crippen LogP contribution is 2.24. The summed E-state index contributed by atoms with van der Waals surface area (Å²) < 4.78 is 20.3. The van der Waals surface area contributed by atoms with E-state index in [9.17, 15) is 4.39 Å². The molecule has 1 aliphatic rings. The first-order valence-electron chi connectivity index (χ1n) is 8.93. The number of halogens is 1. The van der Waals surface area contributed by atoms with Crippen LogP contribution >= 0.6 is 0 Å². The fraction of sp³-hybridized carbons (Fsp3) is 0.381. The van der Waals surface area contributed by atoms with Gasteiger partial charge in [0.1, 0.15) is 5.82 Å². The largest absolute Gasteiger partial charge is 0.372 e. The number of hydrogen-bond acceptors (Lipinski definition) is 4. The van der Waals surface area contributed by atoms with Gasteiger partial charge in [-0.15, -0.1) is 0 Å². The van der Waals surface area contributed by atoms with Crippen molar-refractivity contribution in [1.82, 2.24) is 5.32 Å². The van der Waals surface area contributed by atoms with Crippen LogP contribution in [-0.2, 0) is 17.8 Å². The van der Waals surface area contributed by atoms with Crippen LogP contribution < -0.4 is 10.2 Å². The van der Waals surface area contributed by atoms with E-state index in [4.69, 9.17) is 10.00 Å². The van der Waals surface area contributed by atoms with Crippen LogP contribution in [0.15, 0.2) is 42.5 Å². The van der Waals surface area contributed by atoms with Crippen molar-refractivity contribution in [2.45, 2.75) is 39.1 Å². The van der Waals surface area contributed by atoms with Crippen molar-refractivity contribution in [3.63, 3.8) is 0 Å². The lowest BCUT2D eigenvalue weighted by molar-refractivity contribution is -0.00539. The molecule has 0 aromatic heterocycles. The second kappa shape index (κ2) is 8.31. The molecule has 0 radical (unpaired) electrons. The Labute approximate surface area is 154 Å². The van der Waals surface area contributed by atoms with Gasteiger partial charge in [0.15, 0.2) is 0 Å². The molecule has 1 heterocycles. The molecular weight excluding hydrogens is 329 g/mol. The van der Waals surface area contributed by atoms with E-state index in [0.717, 1.165) is 11.1 Å². The first-order valence-corrected chi connectivity index (χ1v) is 8.93. The molecule has 0 bridgehead atoms. The fourth-order valence-electron chi connectivity index (χ4n) is 3.39. The molecule has 0 unspecified atom stereocenters. The van der Waals surface area contributed by atoms with Crippen LogP contribution in [0.5, 0.6) is 0 Å². The van der Waals surface area contributed by atoms with E-state index in [1.165, 1.54) is 0 Å². The van der Waals surface area contributed by atoms with Gasteiger partial charge in [0, 0.05) is 26.2 Å². The predicted octanol–water partition coefficient (Wildman–Crippen LogP) is 3.60. The number of nitrogens with zero attached hydrogens (tertiary/aromatic N) is 2. The number of nitriles is 1. The normalized spacial score (nSPS) is 20.0. The monoisotopic (exact) mass is 353 g/mol. The summed E-state index contributed by atoms with van der Waals surface area (Å²) in [5.41, 5.74) is 3.22. The van der Waals surface area contributed by atoms with Crippen molar-refractivity contribution in [3.05, 3.63) is 65.0 Å². The topological polar surface area (TPSA) is 48.3 Å². The average molecular weight is 353 g/mol. The van der Waals surface area contributed by atoms with Crippen LogP contribution in [0, 0.1) is 17.1 Å². The van der Waals surface area contributed by atoms with Crippen molar-refractivity contribution >= 4 is 5.69 Å². The van der Waals surface area contributed by atoms with E-state index in [0.29, 0.717) is 37.4 Å². The first kappa shape index (κ1) is 18.4. The highest BCUT2D eigenvalue weighted by atomic mass is 19.1. The molecule has 1 saturated heterocycles. The zero-order valence-electron chi connectivity index (χ0n) is 15.2. The molecule has 1 aliphatic heterocycles. The third-order valence-electron chi connectivity index (χ3n) is 4.49. The van der Waals surface area contributed by atoms with E-state index < -0.39 is 0 Å². The Morgan fingerprint density at radius 3 is 2.46 bits per heavy atom. The molecular formula is C21H24FN3O. The van der Waals surface area contributed by atoms with Crippen molar-refractivity contribution in [1.29, 1.82) is 5.26 Å². The molecule has 1 fully saturated rings. The number of ether oxygens (including phenoxy) is 1. The van der Waals surface area contributed by atoms with Crippen molar-refractivity contribution in [2.75, 3.05) is 18.0 Å². The minimum Gasteiger partial charge on any atom is -0.372 e. The molecule has 0 amide bonds. The lowest BCUT2D eigenvalue weighted by Crippen LogP contribution is -2.45. The summed E-state index contributed by atoms with van der Waals surface area (Å²) in [6, 6.07) is 15.0. The van der Waals surface area contributed by atoms with Gasteiger partial charge in [0.05, 0.1) is 29.5 Å². The number of anilines is 1. The second-order valence-electron chi connectivity index (χ2n) is 6.86. The predicted molar refractivity (Wildman–Crippen MR) is 100 cm³/mol. The van der Waals surface area contributed by atoms with Crippen LogP contribution in [-0.4, -0.2) is 25.3 Å². The zero-order valence-corrected chi connectivity index (χ0v) is 15.2. The van der Waals surface area contributed by atoms with Gasteiger partial charge in [-0.05, 0) is 49.2 Å². The van der Waals surface area contributed by atoms with Gasteiger partial charge in [0.2, 0.25) is 0 Å². The van der Waals surface area contributed by atoms with Crippen LogP contribution in [0.25, 0.3) is 0 Å². The molecule has 26 heavy (non-hydrogen) atoms. The van der Waals surface area contributed by atoms with Gasteiger partial charge in [-0.1, -0.05) is 18.2 Å². The zero-order chi connectivity index (χ0) is 18.5. The number of rotatable bonds is 5. The number of benzene rings is 2. The van der Waals surface area contributed by atoms with Gasteiger partial charge in [0.25, 0.3) is 0 Å². The summed E-state index contributed by atoms with van der Waals surface area (Å²) in [7, 11) is 0. The Morgan fingerprint density at radius 2 is 1.81 bits per heavy atom. The molecule has 2 atom stereocenters. The van der Waals surface area contributed by atoms with Gasteiger partial charge in [-0.3, -0.25) is 0 Å². The number of hydrogen-bond donors (Lipinski definition) is 1. The average Bonchev–Trinajstić information content (AvgIpc) is 2.61. The van der Waals surface area contributed by atoms with Crippen LogP contribution in [0.3, 0.4) is 0 Å². The molecule has 0 saturated carbocycles. The number of nitrogens with one attached hydrogen (secondary N) is 1. The molecule has 136 valence electrons. The van der Waals surface area contributed by atoms with Gasteiger partial charge >= 0.3 is 0 Å². The Hall–Kier alpha value is -2.42. The highest BCUT2D eigenvalue weighted by molar-refractivity contribution is 5.50. The van der Waals surface area contributed by atoms with Crippen molar-refractivity contribution < 1.29 is 9.13 Å². The molecule has 0 aliphatic carbocycles. The highest BCUT2D eigenvalue weighted by Gasteiger charge is 2.24. The SMILES string of the molecule is C[C@@H]1CN(c2ccc(CNCc3cccc(C#N)c3)cc2F)C[C@@H](C)O1. The number of morpholine rings is 1. The standard InChI is InChI=1S/C21H24FN3O/c1-15-13-25(14-16(2)26-15)21-7-6-19(9-20(21)22)12-24-11-18-5-3-4-17(8-18)10-23/h3-9,15-16,24H,11-14H2,1-2H3/t15-,16-/m1/s1. The fourth-order valence-corrected chi connectivity index (χ4v) is 3.39. The molecule has 4 nitrogen and oxygen atoms in total. The van der Waals surface area contributed by atoms with Crippen molar-refractivity contribution in [2.24, 2.45) is 0 Å². The Kier molecular flexibility index (Phi) is 5.87. The molecule has 2 aromatic carbocycles. The molecule has 0 spiro atoms. The van der Waals surface area contributed by atoms with Gasteiger partial charge in [-0.2, -0.15) is 5.26 Å². The first-order chi connectivity index (χ1) is 12.5. The van der Waals surface area contributed by atoms with Crippen LogP contribution in [0.4, 0.5) is 10.1 Å². The Bertz CT molecular complexity index is 792. The summed E-state index contributed by atoms with van der Waals surface area (Å²) in [5, 5.41) is 12.2. The maximum Gasteiger partial charge on any atom is 0.146 e. The lowest BCUT2D eigenvalue weighted by Gasteiger charge is -2.37. The van der Waals surface area contributed by atoms with Crippen LogP contribution in [0.2, 0.25) is 0 Å². The maximum atomic E-state index is 14.6. The van der Waals surface area contributed by atoms with E-state index in [1.807, 2.05) is 44.2 Å². The van der Waals surface area contributed by atoms with Gasteiger partial charge in [-0.25, -0.2) is 4.39 Å². The minimum atomic E-state index is -0.197. The molecule has 1 N–H and O–H groups in total. The van der Waals surface area contributed by atoms with E-state index in [1.54, 1.807) is 12.1 Å². The summed E-state index contributed by atoms with van der Waals surface area (Å²) in [4.78, 5) is 2.05. The summed E-state index contributed by atoms with van der Waals surface area (Å²) in [6.45, 7) is 6.64. The molecule has 2 aromatic rings. The quantitative estimate of drug-likeness (QED) is 0.892. The third-order valence-corrected chi connectivity index (χ3v) is 4.49. The maximum absolute atomic E-state index is 14.6. The van der Waals surface area contributed by atoms with Crippen LogP contribution in [0.1, 0.15) is 30.5 Å². The summed E-state index contributed by atoms with van der Waals surface area (Å²) >= 11 is 0. The summed E-state index contributed by atoms with van der Waals surface area (Å²) in [6.07, 6.45) is 0.201. The van der Waals surface area contributed by atoms with Gasteiger partial charge < -0.3 is 15.0 Å². The molecule has 3 rings (SSSR count). The van der Waals surface area contributed by atoms with Crippen molar-refractivity contribution in [3.8, 4) is 6.07 Å². The molecule has 5 heteroatoms. The summed E-state index contributed by atoms with van der Waals surface area (Å²) in [5.74, 6) is -0.197.